The van der Waals surface area contributed by atoms with E-state index in [1.807, 2.05) is 19.9 Å². The van der Waals surface area contributed by atoms with Crippen molar-refractivity contribution in [1.29, 1.82) is 0 Å². The minimum atomic E-state index is 0.438. The molecule has 2 aromatic heterocycles. The van der Waals surface area contributed by atoms with Gasteiger partial charge < -0.3 is 4.74 Å². The van der Waals surface area contributed by atoms with Crippen molar-refractivity contribution in [2.45, 2.75) is 27.2 Å². The average Bonchev–Trinajstić information content (AvgIpc) is 2.43. The van der Waals surface area contributed by atoms with E-state index in [-0.39, 0.29) is 0 Å². The highest BCUT2D eigenvalue weighted by Gasteiger charge is 2.11. The Morgan fingerprint density at radius 3 is 2.68 bits per heavy atom. The van der Waals surface area contributed by atoms with E-state index in [4.69, 9.17) is 16.3 Å². The predicted molar refractivity (Wildman–Crippen MR) is 75.5 cm³/mol. The first kappa shape index (κ1) is 13.7. The fraction of sp³-hybridized carbons (Fsp3) is 0.357. The van der Waals surface area contributed by atoms with E-state index in [2.05, 4.69) is 22.1 Å². The summed E-state index contributed by atoms with van der Waals surface area (Å²) in [5.74, 6) is 0.744. The van der Waals surface area contributed by atoms with Crippen LogP contribution in [0.25, 0.3) is 11.3 Å². The summed E-state index contributed by atoms with van der Waals surface area (Å²) in [6.07, 6.45) is 4.41. The van der Waals surface area contributed by atoms with Crippen molar-refractivity contribution in [3.8, 4) is 17.0 Å². The molecule has 0 aromatic carbocycles. The normalized spacial score (nSPS) is 10.5. The summed E-state index contributed by atoms with van der Waals surface area (Å²) in [6.45, 7) is 6.65. The maximum absolute atomic E-state index is 5.96. The number of hydrogen-bond acceptors (Lipinski definition) is 4. The molecule has 2 aromatic rings. The first-order chi connectivity index (χ1) is 9.13. The SMILES string of the molecule is CCCOc1cncc(-c2nnc(Cl)c(C)c2C)c1. The maximum Gasteiger partial charge on any atom is 0.154 e. The number of ether oxygens (including phenoxy) is 1. The van der Waals surface area contributed by atoms with Crippen LogP contribution in [0.1, 0.15) is 24.5 Å². The van der Waals surface area contributed by atoms with Crippen molar-refractivity contribution in [2.75, 3.05) is 6.61 Å². The smallest absolute Gasteiger partial charge is 0.154 e. The lowest BCUT2D eigenvalue weighted by Crippen LogP contribution is -1.99. The number of nitrogens with zero attached hydrogens (tertiary/aromatic N) is 3. The number of pyridine rings is 1. The van der Waals surface area contributed by atoms with Gasteiger partial charge in [0.1, 0.15) is 5.75 Å². The molecule has 0 spiro atoms. The standard InChI is InChI=1S/C14H16ClN3O/c1-4-5-19-12-6-11(7-16-8-12)13-9(2)10(3)14(15)18-17-13/h6-8H,4-5H2,1-3H3. The van der Waals surface area contributed by atoms with Crippen molar-refractivity contribution < 1.29 is 4.74 Å². The number of rotatable bonds is 4. The Labute approximate surface area is 117 Å². The summed E-state index contributed by atoms with van der Waals surface area (Å²) >= 11 is 5.96. The summed E-state index contributed by atoms with van der Waals surface area (Å²) < 4.78 is 5.57. The molecule has 0 saturated heterocycles. The van der Waals surface area contributed by atoms with Crippen LogP contribution in [0.5, 0.6) is 5.75 Å². The van der Waals surface area contributed by atoms with E-state index in [9.17, 15) is 0 Å². The van der Waals surface area contributed by atoms with E-state index in [0.717, 1.165) is 34.6 Å². The summed E-state index contributed by atoms with van der Waals surface area (Å²) in [5.41, 5.74) is 3.62. The predicted octanol–water partition coefficient (Wildman–Crippen LogP) is 3.60. The van der Waals surface area contributed by atoms with Gasteiger partial charge in [-0.3, -0.25) is 4.98 Å². The van der Waals surface area contributed by atoms with E-state index in [1.54, 1.807) is 12.4 Å². The first-order valence-corrected chi connectivity index (χ1v) is 6.59. The zero-order chi connectivity index (χ0) is 13.8. The monoisotopic (exact) mass is 277 g/mol. The van der Waals surface area contributed by atoms with Gasteiger partial charge in [0, 0.05) is 11.8 Å². The molecule has 2 heterocycles. The van der Waals surface area contributed by atoms with Gasteiger partial charge in [0.15, 0.2) is 5.15 Å². The second kappa shape index (κ2) is 5.97. The minimum absolute atomic E-state index is 0.438. The van der Waals surface area contributed by atoms with E-state index in [0.29, 0.717) is 11.8 Å². The topological polar surface area (TPSA) is 47.9 Å². The molecule has 19 heavy (non-hydrogen) atoms. The molecule has 0 aliphatic heterocycles. The Morgan fingerprint density at radius 2 is 1.95 bits per heavy atom. The van der Waals surface area contributed by atoms with Crippen LogP contribution in [0.15, 0.2) is 18.5 Å². The molecule has 0 fully saturated rings. The van der Waals surface area contributed by atoms with Gasteiger partial charge in [-0.25, -0.2) is 0 Å². The fourth-order valence-electron chi connectivity index (χ4n) is 1.70. The van der Waals surface area contributed by atoms with Crippen molar-refractivity contribution in [2.24, 2.45) is 0 Å². The number of halogens is 1. The van der Waals surface area contributed by atoms with E-state index >= 15 is 0 Å². The second-order valence-electron chi connectivity index (χ2n) is 4.35. The minimum Gasteiger partial charge on any atom is -0.492 e. The van der Waals surface area contributed by atoms with Gasteiger partial charge in [-0.05, 0) is 37.5 Å². The van der Waals surface area contributed by atoms with Crippen LogP contribution in [0.3, 0.4) is 0 Å². The molecule has 0 aliphatic rings. The summed E-state index contributed by atoms with van der Waals surface area (Å²) in [6, 6.07) is 1.92. The van der Waals surface area contributed by atoms with Gasteiger partial charge in [0.05, 0.1) is 18.5 Å². The van der Waals surface area contributed by atoms with Crippen molar-refractivity contribution in [3.05, 3.63) is 34.7 Å². The molecular formula is C14H16ClN3O. The summed E-state index contributed by atoms with van der Waals surface area (Å²) in [4.78, 5) is 4.18. The van der Waals surface area contributed by atoms with Crippen LogP contribution >= 0.6 is 11.6 Å². The van der Waals surface area contributed by atoms with Gasteiger partial charge in [0.25, 0.3) is 0 Å². The van der Waals surface area contributed by atoms with Crippen LogP contribution < -0.4 is 4.74 Å². The Hall–Kier alpha value is -1.68. The lowest BCUT2D eigenvalue weighted by atomic mass is 10.1. The average molecular weight is 278 g/mol. The molecule has 0 N–H and O–H groups in total. The Bertz CT molecular complexity index is 587. The third-order valence-corrected chi connectivity index (χ3v) is 3.28. The Balaban J connectivity index is 2.39. The Kier molecular flexibility index (Phi) is 4.32. The largest absolute Gasteiger partial charge is 0.492 e. The van der Waals surface area contributed by atoms with Gasteiger partial charge in [-0.15, -0.1) is 10.2 Å². The number of aromatic nitrogens is 3. The summed E-state index contributed by atoms with van der Waals surface area (Å²) in [5, 5.41) is 8.54. The molecule has 0 bridgehead atoms. The van der Waals surface area contributed by atoms with Crippen molar-refractivity contribution in [3.63, 3.8) is 0 Å². The first-order valence-electron chi connectivity index (χ1n) is 6.21. The molecule has 4 nitrogen and oxygen atoms in total. The third kappa shape index (κ3) is 3.01. The van der Waals surface area contributed by atoms with Gasteiger partial charge >= 0.3 is 0 Å². The molecule has 0 radical (unpaired) electrons. The van der Waals surface area contributed by atoms with Gasteiger partial charge in [0.2, 0.25) is 0 Å². The van der Waals surface area contributed by atoms with E-state index < -0.39 is 0 Å². The molecule has 0 atom stereocenters. The summed E-state index contributed by atoms with van der Waals surface area (Å²) in [7, 11) is 0. The van der Waals surface area contributed by atoms with Crippen LogP contribution in [-0.4, -0.2) is 21.8 Å². The van der Waals surface area contributed by atoms with E-state index in [1.165, 1.54) is 0 Å². The molecule has 0 saturated carbocycles. The highest BCUT2D eigenvalue weighted by atomic mass is 35.5. The van der Waals surface area contributed by atoms with Crippen LogP contribution in [0.2, 0.25) is 5.15 Å². The molecule has 0 unspecified atom stereocenters. The van der Waals surface area contributed by atoms with Crippen molar-refractivity contribution in [1.82, 2.24) is 15.2 Å². The third-order valence-electron chi connectivity index (χ3n) is 2.92. The van der Waals surface area contributed by atoms with Crippen LogP contribution in [0, 0.1) is 13.8 Å². The quantitative estimate of drug-likeness (QED) is 0.857. The highest BCUT2D eigenvalue weighted by Crippen LogP contribution is 2.27. The Morgan fingerprint density at radius 1 is 1.16 bits per heavy atom. The van der Waals surface area contributed by atoms with Gasteiger partial charge in [-0.2, -0.15) is 0 Å². The molecule has 0 amide bonds. The molecule has 2 rings (SSSR count). The zero-order valence-corrected chi connectivity index (χ0v) is 12.0. The lowest BCUT2D eigenvalue weighted by molar-refractivity contribution is 0.316. The zero-order valence-electron chi connectivity index (χ0n) is 11.3. The molecule has 0 aliphatic carbocycles. The fourth-order valence-corrected chi connectivity index (χ4v) is 1.88. The van der Waals surface area contributed by atoms with Crippen LogP contribution in [0.4, 0.5) is 0 Å². The lowest BCUT2D eigenvalue weighted by Gasteiger charge is -2.09. The van der Waals surface area contributed by atoms with Crippen LogP contribution in [-0.2, 0) is 0 Å². The second-order valence-corrected chi connectivity index (χ2v) is 4.71. The molecular weight excluding hydrogens is 262 g/mol. The maximum atomic E-state index is 5.96. The molecule has 5 heteroatoms. The van der Waals surface area contributed by atoms with Gasteiger partial charge in [-0.1, -0.05) is 18.5 Å². The number of hydrogen-bond donors (Lipinski definition) is 0. The van der Waals surface area contributed by atoms with Crippen molar-refractivity contribution >= 4 is 11.6 Å². The molecule has 100 valence electrons. The highest BCUT2D eigenvalue weighted by molar-refractivity contribution is 6.30.